The summed E-state index contributed by atoms with van der Waals surface area (Å²) in [6, 6.07) is 15.5. The largest absolute Gasteiger partial charge is 0.336 e. The molecule has 1 aliphatic heterocycles. The lowest BCUT2D eigenvalue weighted by atomic mass is 10.0. The first-order valence-corrected chi connectivity index (χ1v) is 8.99. The topological polar surface area (TPSA) is 65.2 Å². The summed E-state index contributed by atoms with van der Waals surface area (Å²) in [7, 11) is 0. The number of fused-ring (bicyclic) bond motifs is 1. The molecular formula is C21H20FN3O2. The number of rotatable bonds is 3. The predicted molar refractivity (Wildman–Crippen MR) is 102 cm³/mol. The van der Waals surface area contributed by atoms with Gasteiger partial charge in [0.1, 0.15) is 5.82 Å². The SMILES string of the molecule is O=C(c1cc(=O)[nH]c2ccc(F)cc12)N1CCNC(Cc2ccccc2)C1. The van der Waals surface area contributed by atoms with E-state index >= 15 is 0 Å². The van der Waals surface area contributed by atoms with Crippen LogP contribution in [0.5, 0.6) is 0 Å². The third-order valence-corrected chi connectivity index (χ3v) is 4.90. The number of aromatic amines is 1. The number of carbonyl (C=O) groups is 1. The van der Waals surface area contributed by atoms with Gasteiger partial charge in [-0.15, -0.1) is 0 Å². The minimum absolute atomic E-state index is 0.134. The van der Waals surface area contributed by atoms with E-state index < -0.39 is 5.82 Å². The quantitative estimate of drug-likeness (QED) is 0.749. The number of nitrogens with one attached hydrogen (secondary N) is 2. The van der Waals surface area contributed by atoms with Crippen molar-refractivity contribution in [3.63, 3.8) is 0 Å². The number of nitrogens with zero attached hydrogens (tertiary/aromatic N) is 1. The second-order valence-corrected chi connectivity index (χ2v) is 6.83. The molecule has 0 bridgehead atoms. The highest BCUT2D eigenvalue weighted by atomic mass is 19.1. The number of amides is 1. The normalized spacial score (nSPS) is 17.2. The van der Waals surface area contributed by atoms with E-state index in [9.17, 15) is 14.0 Å². The van der Waals surface area contributed by atoms with Crippen LogP contribution >= 0.6 is 0 Å². The maximum absolute atomic E-state index is 13.7. The first-order chi connectivity index (χ1) is 13.1. The summed E-state index contributed by atoms with van der Waals surface area (Å²) in [5.74, 6) is -0.679. The number of aromatic nitrogens is 1. The van der Waals surface area contributed by atoms with Crippen LogP contribution < -0.4 is 10.9 Å². The summed E-state index contributed by atoms with van der Waals surface area (Å²) in [6.45, 7) is 1.77. The number of piperazine rings is 1. The summed E-state index contributed by atoms with van der Waals surface area (Å²) >= 11 is 0. The van der Waals surface area contributed by atoms with Crippen molar-refractivity contribution in [2.75, 3.05) is 19.6 Å². The van der Waals surface area contributed by atoms with Gasteiger partial charge in [0.05, 0.1) is 5.56 Å². The smallest absolute Gasteiger partial charge is 0.254 e. The second kappa shape index (κ2) is 7.32. The maximum Gasteiger partial charge on any atom is 0.254 e. The third-order valence-electron chi connectivity index (χ3n) is 4.90. The van der Waals surface area contributed by atoms with E-state index in [1.165, 1.54) is 29.8 Å². The van der Waals surface area contributed by atoms with Crippen molar-refractivity contribution in [3.8, 4) is 0 Å². The van der Waals surface area contributed by atoms with Crippen molar-refractivity contribution in [2.45, 2.75) is 12.5 Å². The van der Waals surface area contributed by atoms with Gasteiger partial charge in [0.15, 0.2) is 0 Å². The number of benzene rings is 2. The summed E-state index contributed by atoms with van der Waals surface area (Å²) in [5.41, 5.74) is 1.54. The highest BCUT2D eigenvalue weighted by molar-refractivity contribution is 6.06. The lowest BCUT2D eigenvalue weighted by Crippen LogP contribution is -2.53. The van der Waals surface area contributed by atoms with Gasteiger partial charge in [0.25, 0.3) is 5.91 Å². The Kier molecular flexibility index (Phi) is 4.73. The zero-order valence-electron chi connectivity index (χ0n) is 14.7. The van der Waals surface area contributed by atoms with E-state index in [1.54, 1.807) is 4.90 Å². The summed E-state index contributed by atoms with van der Waals surface area (Å²) in [6.07, 6.45) is 0.815. The van der Waals surface area contributed by atoms with Crippen LogP contribution in [0.4, 0.5) is 4.39 Å². The minimum atomic E-state index is -0.439. The Hall–Kier alpha value is -2.99. The van der Waals surface area contributed by atoms with Gasteiger partial charge in [-0.25, -0.2) is 4.39 Å². The van der Waals surface area contributed by atoms with Gasteiger partial charge in [-0.2, -0.15) is 0 Å². The van der Waals surface area contributed by atoms with Crippen LogP contribution in [0.3, 0.4) is 0 Å². The average molecular weight is 365 g/mol. The summed E-state index contributed by atoms with van der Waals surface area (Å²) in [4.78, 5) is 29.4. The van der Waals surface area contributed by atoms with Gasteiger partial charge in [0.2, 0.25) is 5.56 Å². The number of pyridine rings is 1. The van der Waals surface area contributed by atoms with E-state index in [1.807, 2.05) is 18.2 Å². The Bertz CT molecular complexity index is 1030. The Balaban J connectivity index is 1.60. The fourth-order valence-electron chi connectivity index (χ4n) is 3.62. The molecule has 4 rings (SSSR count). The second-order valence-electron chi connectivity index (χ2n) is 6.83. The molecule has 138 valence electrons. The molecule has 1 fully saturated rings. The van der Waals surface area contributed by atoms with Crippen LogP contribution in [-0.4, -0.2) is 41.5 Å². The van der Waals surface area contributed by atoms with Gasteiger partial charge in [-0.05, 0) is 30.2 Å². The van der Waals surface area contributed by atoms with Crippen LogP contribution in [0.1, 0.15) is 15.9 Å². The van der Waals surface area contributed by atoms with Crippen molar-refractivity contribution in [1.29, 1.82) is 0 Å². The van der Waals surface area contributed by atoms with Gasteiger partial charge in [-0.3, -0.25) is 9.59 Å². The molecule has 27 heavy (non-hydrogen) atoms. The average Bonchev–Trinajstić information content (AvgIpc) is 2.68. The van der Waals surface area contributed by atoms with Crippen LogP contribution in [0.25, 0.3) is 10.9 Å². The van der Waals surface area contributed by atoms with Gasteiger partial charge in [-0.1, -0.05) is 30.3 Å². The van der Waals surface area contributed by atoms with Crippen molar-refractivity contribution in [3.05, 3.63) is 81.9 Å². The highest BCUT2D eigenvalue weighted by Gasteiger charge is 2.25. The lowest BCUT2D eigenvalue weighted by Gasteiger charge is -2.34. The zero-order valence-corrected chi connectivity index (χ0v) is 14.7. The van der Waals surface area contributed by atoms with E-state index in [0.29, 0.717) is 30.5 Å². The molecule has 0 spiro atoms. The van der Waals surface area contributed by atoms with Crippen molar-refractivity contribution < 1.29 is 9.18 Å². The Morgan fingerprint density at radius 2 is 1.96 bits per heavy atom. The van der Waals surface area contributed by atoms with Crippen molar-refractivity contribution >= 4 is 16.8 Å². The lowest BCUT2D eigenvalue weighted by molar-refractivity contribution is 0.0704. The third kappa shape index (κ3) is 3.75. The van der Waals surface area contributed by atoms with Gasteiger partial charge >= 0.3 is 0 Å². The van der Waals surface area contributed by atoms with Crippen LogP contribution in [-0.2, 0) is 6.42 Å². The van der Waals surface area contributed by atoms with E-state index in [0.717, 1.165) is 6.42 Å². The molecule has 1 aliphatic rings. The Morgan fingerprint density at radius 3 is 2.78 bits per heavy atom. The van der Waals surface area contributed by atoms with Crippen molar-refractivity contribution in [2.24, 2.45) is 0 Å². The number of halogens is 1. The Labute approximate surface area is 155 Å². The number of hydrogen-bond acceptors (Lipinski definition) is 3. The van der Waals surface area contributed by atoms with Gasteiger partial charge < -0.3 is 15.2 Å². The fraction of sp³-hybridized carbons (Fsp3) is 0.238. The molecule has 0 saturated carbocycles. The molecule has 2 heterocycles. The fourth-order valence-corrected chi connectivity index (χ4v) is 3.62. The molecule has 5 nitrogen and oxygen atoms in total. The molecule has 2 aromatic carbocycles. The summed E-state index contributed by atoms with van der Waals surface area (Å²) < 4.78 is 13.7. The first-order valence-electron chi connectivity index (χ1n) is 8.99. The monoisotopic (exact) mass is 365 g/mol. The number of H-pyrrole nitrogens is 1. The van der Waals surface area contributed by atoms with E-state index in [2.05, 4.69) is 22.4 Å². The molecule has 3 aromatic rings. The van der Waals surface area contributed by atoms with E-state index in [-0.39, 0.29) is 23.1 Å². The van der Waals surface area contributed by atoms with E-state index in [4.69, 9.17) is 0 Å². The van der Waals surface area contributed by atoms with Crippen LogP contribution in [0, 0.1) is 5.82 Å². The molecule has 1 atom stereocenters. The molecule has 2 N–H and O–H groups in total. The maximum atomic E-state index is 13.7. The Morgan fingerprint density at radius 1 is 1.15 bits per heavy atom. The molecule has 1 amide bonds. The molecular weight excluding hydrogens is 345 g/mol. The molecule has 6 heteroatoms. The standard InChI is InChI=1S/C21H20FN3O2/c22-15-6-7-19-17(11-15)18(12-20(26)24-19)21(27)25-9-8-23-16(13-25)10-14-4-2-1-3-5-14/h1-7,11-12,16,23H,8-10,13H2,(H,24,26). The number of hydrogen-bond donors (Lipinski definition) is 2. The van der Waals surface area contributed by atoms with Gasteiger partial charge in [0, 0.05) is 42.6 Å². The molecule has 1 unspecified atom stereocenters. The molecule has 0 aliphatic carbocycles. The van der Waals surface area contributed by atoms with Crippen molar-refractivity contribution in [1.82, 2.24) is 15.2 Å². The first kappa shape index (κ1) is 17.4. The minimum Gasteiger partial charge on any atom is -0.336 e. The van der Waals surface area contributed by atoms with Crippen LogP contribution in [0.2, 0.25) is 0 Å². The number of carbonyl (C=O) groups excluding carboxylic acids is 1. The molecule has 1 saturated heterocycles. The molecule has 0 radical (unpaired) electrons. The highest BCUT2D eigenvalue weighted by Crippen LogP contribution is 2.19. The molecule has 1 aromatic heterocycles. The van der Waals surface area contributed by atoms with Crippen LogP contribution in [0.15, 0.2) is 59.4 Å². The predicted octanol–water partition coefficient (Wildman–Crippen LogP) is 2.32. The summed E-state index contributed by atoms with van der Waals surface area (Å²) in [5, 5.41) is 3.87. The zero-order chi connectivity index (χ0) is 18.8.